The van der Waals surface area contributed by atoms with Gasteiger partial charge in [0.05, 0.1) is 0 Å². The molecular weight excluding hydrogens is 124 g/mol. The highest BCUT2D eigenvalue weighted by molar-refractivity contribution is 7.85. The van der Waals surface area contributed by atoms with E-state index in [1.807, 2.05) is 13.8 Å². The van der Waals surface area contributed by atoms with E-state index >= 15 is 0 Å². The molecule has 1 atom stereocenters. The third-order valence-electron chi connectivity index (χ3n) is 0.760. The van der Waals surface area contributed by atoms with Gasteiger partial charge in [-0.2, -0.15) is 0 Å². The van der Waals surface area contributed by atoms with Crippen molar-refractivity contribution in [2.45, 2.75) is 19.1 Å². The van der Waals surface area contributed by atoms with Crippen molar-refractivity contribution in [2.24, 2.45) is 0 Å². The molecule has 0 rings (SSSR count). The fraction of sp³-hybridized carbons (Fsp3) is 1.00. The smallest absolute Gasteiger partial charge is 0.121 e. The second-order valence-electron chi connectivity index (χ2n) is 1.84. The highest BCUT2D eigenvalue weighted by atomic mass is 32.2. The van der Waals surface area contributed by atoms with Crippen molar-refractivity contribution in [1.29, 1.82) is 0 Å². The number of hydrogen-bond donors (Lipinski definition) is 0. The Balaban J connectivity index is 3.33. The molecule has 0 spiro atoms. The molecule has 0 aliphatic carbocycles. The van der Waals surface area contributed by atoms with E-state index in [1.54, 1.807) is 7.11 Å². The van der Waals surface area contributed by atoms with Crippen LogP contribution in [0.25, 0.3) is 0 Å². The van der Waals surface area contributed by atoms with Crippen molar-refractivity contribution in [3.05, 3.63) is 0 Å². The lowest BCUT2D eigenvalue weighted by Gasteiger charge is -2.01. The normalized spacial score (nSPS) is 14.5. The van der Waals surface area contributed by atoms with E-state index in [9.17, 15) is 4.21 Å². The highest BCUT2D eigenvalue weighted by Gasteiger charge is 2.01. The van der Waals surface area contributed by atoms with E-state index in [2.05, 4.69) is 4.74 Å². The van der Waals surface area contributed by atoms with Gasteiger partial charge in [-0.05, 0) is 0 Å². The molecule has 0 aromatic heterocycles. The third-order valence-corrected chi connectivity index (χ3v) is 2.28. The molecular formula is C5H12O2S. The maximum absolute atomic E-state index is 10.7. The quantitative estimate of drug-likeness (QED) is 0.572. The fourth-order valence-corrected chi connectivity index (χ4v) is 0.757. The average molecular weight is 136 g/mol. The first-order valence-corrected chi connectivity index (χ1v) is 3.92. The molecule has 0 radical (unpaired) electrons. The molecule has 0 saturated heterocycles. The number of rotatable bonds is 3. The predicted octanol–water partition coefficient (Wildman–Crippen LogP) is 0.747. The van der Waals surface area contributed by atoms with Gasteiger partial charge in [0.15, 0.2) is 0 Å². The molecule has 0 saturated carbocycles. The van der Waals surface area contributed by atoms with E-state index < -0.39 is 10.8 Å². The maximum Gasteiger partial charge on any atom is 0.121 e. The Morgan fingerprint density at radius 3 is 2.25 bits per heavy atom. The molecule has 0 aliphatic rings. The summed E-state index contributed by atoms with van der Waals surface area (Å²) in [5.74, 6) is 0.359. The molecule has 0 aromatic carbocycles. The molecule has 0 bridgehead atoms. The molecule has 0 amide bonds. The zero-order valence-corrected chi connectivity index (χ0v) is 6.33. The molecule has 3 heteroatoms. The van der Waals surface area contributed by atoms with Gasteiger partial charge in [-0.3, -0.25) is 4.21 Å². The van der Waals surface area contributed by atoms with E-state index in [0.29, 0.717) is 5.94 Å². The maximum atomic E-state index is 10.7. The minimum absolute atomic E-state index is 0.218. The molecule has 0 heterocycles. The minimum Gasteiger partial charge on any atom is -0.371 e. The Hall–Kier alpha value is 0.110. The third kappa shape index (κ3) is 3.16. The van der Waals surface area contributed by atoms with Crippen LogP contribution in [0.15, 0.2) is 0 Å². The van der Waals surface area contributed by atoms with Crippen LogP contribution in [-0.2, 0) is 15.5 Å². The van der Waals surface area contributed by atoms with Gasteiger partial charge in [0.25, 0.3) is 0 Å². The SMILES string of the molecule is COCS(=O)C(C)C. The molecule has 0 aliphatic heterocycles. The van der Waals surface area contributed by atoms with Crippen molar-refractivity contribution in [1.82, 2.24) is 0 Å². The van der Waals surface area contributed by atoms with Crippen molar-refractivity contribution < 1.29 is 8.95 Å². The van der Waals surface area contributed by atoms with E-state index in [1.165, 1.54) is 0 Å². The summed E-state index contributed by atoms with van der Waals surface area (Å²) >= 11 is 0. The van der Waals surface area contributed by atoms with Crippen LogP contribution >= 0.6 is 0 Å². The van der Waals surface area contributed by atoms with Crippen molar-refractivity contribution in [3.8, 4) is 0 Å². The van der Waals surface area contributed by atoms with Gasteiger partial charge < -0.3 is 4.74 Å². The predicted molar refractivity (Wildman–Crippen MR) is 35.2 cm³/mol. The summed E-state index contributed by atoms with van der Waals surface area (Å²) in [6, 6.07) is 0. The van der Waals surface area contributed by atoms with Gasteiger partial charge in [0.2, 0.25) is 0 Å². The van der Waals surface area contributed by atoms with Gasteiger partial charge in [-0.1, -0.05) is 13.8 Å². The Kier molecular flexibility index (Phi) is 4.09. The van der Waals surface area contributed by atoms with Crippen LogP contribution < -0.4 is 0 Å². The molecule has 2 nitrogen and oxygen atoms in total. The van der Waals surface area contributed by atoms with Crippen LogP contribution in [-0.4, -0.2) is 22.5 Å². The number of ether oxygens (including phenoxy) is 1. The van der Waals surface area contributed by atoms with Crippen LogP contribution in [0.4, 0.5) is 0 Å². The van der Waals surface area contributed by atoms with Crippen molar-refractivity contribution >= 4 is 10.8 Å². The Morgan fingerprint density at radius 2 is 2.12 bits per heavy atom. The van der Waals surface area contributed by atoms with Crippen LogP contribution in [0.1, 0.15) is 13.8 Å². The first-order chi connectivity index (χ1) is 3.68. The second-order valence-corrected chi connectivity index (χ2v) is 3.78. The van der Waals surface area contributed by atoms with E-state index in [0.717, 1.165) is 0 Å². The summed E-state index contributed by atoms with van der Waals surface area (Å²) in [5.41, 5.74) is 0. The highest BCUT2D eigenvalue weighted by Crippen LogP contribution is 1.92. The molecule has 0 N–H and O–H groups in total. The summed E-state index contributed by atoms with van der Waals surface area (Å²) in [5, 5.41) is 0.218. The fourth-order valence-electron chi connectivity index (χ4n) is 0.252. The van der Waals surface area contributed by atoms with Crippen molar-refractivity contribution in [3.63, 3.8) is 0 Å². The van der Waals surface area contributed by atoms with Crippen molar-refractivity contribution in [2.75, 3.05) is 13.0 Å². The number of hydrogen-bond acceptors (Lipinski definition) is 2. The lowest BCUT2D eigenvalue weighted by Crippen LogP contribution is -2.10. The van der Waals surface area contributed by atoms with Gasteiger partial charge in [-0.15, -0.1) is 0 Å². The van der Waals surface area contributed by atoms with Gasteiger partial charge in [0, 0.05) is 23.2 Å². The van der Waals surface area contributed by atoms with E-state index in [4.69, 9.17) is 0 Å². The molecule has 0 fully saturated rings. The topological polar surface area (TPSA) is 26.3 Å². The molecule has 50 valence electrons. The van der Waals surface area contributed by atoms with Crippen LogP contribution in [0.3, 0.4) is 0 Å². The lowest BCUT2D eigenvalue weighted by molar-refractivity contribution is 0.254. The summed E-state index contributed by atoms with van der Waals surface area (Å²) in [6.07, 6.45) is 0. The van der Waals surface area contributed by atoms with Crippen LogP contribution in [0.2, 0.25) is 0 Å². The zero-order chi connectivity index (χ0) is 6.57. The summed E-state index contributed by atoms with van der Waals surface area (Å²) in [4.78, 5) is 0. The second kappa shape index (κ2) is 4.04. The number of methoxy groups -OCH3 is 1. The Labute approximate surface area is 52.7 Å². The Bertz CT molecular complexity index is 80.5. The van der Waals surface area contributed by atoms with Crippen LogP contribution in [0.5, 0.6) is 0 Å². The van der Waals surface area contributed by atoms with Gasteiger partial charge >= 0.3 is 0 Å². The van der Waals surface area contributed by atoms with Gasteiger partial charge in [0.1, 0.15) is 5.94 Å². The molecule has 0 aromatic rings. The first kappa shape index (κ1) is 8.11. The lowest BCUT2D eigenvalue weighted by atomic mass is 10.6. The van der Waals surface area contributed by atoms with E-state index in [-0.39, 0.29) is 5.25 Å². The first-order valence-electron chi connectivity index (χ1n) is 2.54. The molecule has 1 unspecified atom stereocenters. The largest absolute Gasteiger partial charge is 0.371 e. The Morgan fingerprint density at radius 1 is 1.62 bits per heavy atom. The summed E-state index contributed by atoms with van der Waals surface area (Å²) in [6.45, 7) is 3.82. The summed E-state index contributed by atoms with van der Waals surface area (Å²) in [7, 11) is 0.762. The van der Waals surface area contributed by atoms with Crippen LogP contribution in [0, 0.1) is 0 Å². The average Bonchev–Trinajstić information content (AvgIpc) is 1.67. The standard InChI is InChI=1S/C5H12O2S/c1-5(2)8(6)4-7-3/h5H,4H2,1-3H3. The zero-order valence-electron chi connectivity index (χ0n) is 5.51. The summed E-state index contributed by atoms with van der Waals surface area (Å²) < 4.78 is 15.4. The monoisotopic (exact) mass is 136 g/mol. The molecule has 8 heavy (non-hydrogen) atoms. The van der Waals surface area contributed by atoms with Gasteiger partial charge in [-0.25, -0.2) is 0 Å². The minimum atomic E-state index is -0.794.